The molecule has 1 aliphatic carbocycles. The van der Waals surface area contributed by atoms with E-state index in [4.69, 9.17) is 9.47 Å². The molecule has 0 spiro atoms. The molecule has 7 heteroatoms. The van der Waals surface area contributed by atoms with Crippen LogP contribution in [0.3, 0.4) is 0 Å². The first kappa shape index (κ1) is 20.4. The summed E-state index contributed by atoms with van der Waals surface area (Å²) in [5.74, 6) is 0.720. The third-order valence-corrected chi connectivity index (χ3v) is 5.02. The lowest BCUT2D eigenvalue weighted by Crippen LogP contribution is -2.12. The van der Waals surface area contributed by atoms with E-state index in [1.54, 1.807) is 12.3 Å². The van der Waals surface area contributed by atoms with Gasteiger partial charge in [0.25, 0.3) is 0 Å². The van der Waals surface area contributed by atoms with E-state index in [9.17, 15) is 10.1 Å². The Balaban J connectivity index is 1.77. The average molecular weight is 414 g/mol. The fourth-order valence-electron chi connectivity index (χ4n) is 3.36. The molecule has 1 N–H and O–H groups in total. The van der Waals surface area contributed by atoms with E-state index in [-0.39, 0.29) is 5.69 Å². The zero-order valence-corrected chi connectivity index (χ0v) is 17.4. The monoisotopic (exact) mass is 414 g/mol. The van der Waals surface area contributed by atoms with Crippen LogP contribution in [-0.4, -0.2) is 29.7 Å². The van der Waals surface area contributed by atoms with Gasteiger partial charge in [-0.25, -0.2) is 14.8 Å². The number of hydrogen-bond donors (Lipinski definition) is 1. The van der Waals surface area contributed by atoms with E-state index in [1.165, 1.54) is 7.11 Å². The number of carbonyl (C=O) groups is 1. The molecule has 1 aromatic heterocycles. The number of para-hydroxylation sites is 1. The molecule has 1 saturated carbocycles. The van der Waals surface area contributed by atoms with Crippen molar-refractivity contribution in [2.45, 2.75) is 25.7 Å². The quantitative estimate of drug-likeness (QED) is 0.554. The Labute approximate surface area is 180 Å². The normalized spacial score (nSPS) is 12.7. The molecule has 4 rings (SSSR count). The zero-order chi connectivity index (χ0) is 21.8. The molecule has 0 radical (unpaired) electrons. The van der Waals surface area contributed by atoms with Crippen molar-refractivity contribution >= 4 is 17.5 Å². The molecule has 1 aliphatic rings. The summed E-state index contributed by atoms with van der Waals surface area (Å²) in [5, 5.41) is 12.5. The van der Waals surface area contributed by atoms with Gasteiger partial charge in [0, 0.05) is 11.5 Å². The maximum absolute atomic E-state index is 12.4. The largest absolute Gasteiger partial charge is 0.491 e. The molecule has 1 fully saturated rings. The maximum Gasteiger partial charge on any atom is 0.360 e. The minimum absolute atomic E-state index is 0.145. The number of methoxy groups -OCH3 is 1. The Morgan fingerprint density at radius 2 is 2.06 bits per heavy atom. The zero-order valence-electron chi connectivity index (χ0n) is 17.4. The number of anilines is 2. The molecule has 31 heavy (non-hydrogen) atoms. The van der Waals surface area contributed by atoms with Crippen molar-refractivity contribution in [1.82, 2.24) is 9.97 Å². The van der Waals surface area contributed by atoms with Gasteiger partial charge in [-0.3, -0.25) is 0 Å². The second-order valence-electron chi connectivity index (χ2n) is 7.19. The van der Waals surface area contributed by atoms with Gasteiger partial charge in [-0.1, -0.05) is 24.3 Å². The highest BCUT2D eigenvalue weighted by Crippen LogP contribution is 2.41. The van der Waals surface area contributed by atoms with E-state index in [2.05, 4.69) is 21.4 Å². The smallest absolute Gasteiger partial charge is 0.360 e. The summed E-state index contributed by atoms with van der Waals surface area (Å²) < 4.78 is 10.9. The van der Waals surface area contributed by atoms with E-state index in [0.717, 1.165) is 29.7 Å². The van der Waals surface area contributed by atoms with Crippen molar-refractivity contribution in [2.24, 2.45) is 0 Å². The number of rotatable bonds is 7. The number of hydrogen-bond acceptors (Lipinski definition) is 7. The lowest BCUT2D eigenvalue weighted by Gasteiger charge is -2.17. The van der Waals surface area contributed by atoms with Gasteiger partial charge in [0.1, 0.15) is 0 Å². The van der Waals surface area contributed by atoms with Crippen LogP contribution in [0.4, 0.5) is 11.5 Å². The number of nitrogens with one attached hydrogen (secondary N) is 1. The highest BCUT2D eigenvalue weighted by atomic mass is 16.5. The van der Waals surface area contributed by atoms with Crippen molar-refractivity contribution in [3.05, 3.63) is 65.6 Å². The second-order valence-corrected chi connectivity index (χ2v) is 7.19. The molecule has 0 saturated heterocycles. The van der Waals surface area contributed by atoms with E-state index in [0.29, 0.717) is 35.3 Å². The van der Waals surface area contributed by atoms with Gasteiger partial charge >= 0.3 is 5.97 Å². The molecule has 156 valence electrons. The summed E-state index contributed by atoms with van der Waals surface area (Å²) in [7, 11) is 1.33. The third-order valence-electron chi connectivity index (χ3n) is 5.02. The summed E-state index contributed by atoms with van der Waals surface area (Å²) >= 11 is 0. The number of ether oxygens (including phenoxy) is 2. The van der Waals surface area contributed by atoms with Crippen molar-refractivity contribution in [3.63, 3.8) is 0 Å². The standard InChI is InChI=1S/C24H22N4O3/c1-3-31-22-18(17-7-4-6-15(12-17)13-25)8-5-9-19(22)28-23-21(24(29)30-2)27-20(14-26-23)16-10-11-16/h4-9,12,14,16H,3,10-11H2,1-2H3,(H,26,28). The Morgan fingerprint density at radius 3 is 2.77 bits per heavy atom. The van der Waals surface area contributed by atoms with Crippen LogP contribution in [0.5, 0.6) is 5.75 Å². The average Bonchev–Trinajstić information content (AvgIpc) is 3.65. The molecule has 2 aromatic carbocycles. The Kier molecular flexibility index (Phi) is 5.80. The fraction of sp³-hybridized carbons (Fsp3) is 0.250. The highest BCUT2D eigenvalue weighted by molar-refractivity contribution is 5.94. The molecule has 1 heterocycles. The van der Waals surface area contributed by atoms with Gasteiger partial charge < -0.3 is 14.8 Å². The minimum atomic E-state index is -0.548. The van der Waals surface area contributed by atoms with Crippen LogP contribution in [0.25, 0.3) is 11.1 Å². The Morgan fingerprint density at radius 1 is 1.26 bits per heavy atom. The van der Waals surface area contributed by atoms with Gasteiger partial charge in [0.2, 0.25) is 0 Å². The minimum Gasteiger partial charge on any atom is -0.491 e. The van der Waals surface area contributed by atoms with Crippen LogP contribution < -0.4 is 10.1 Å². The Bertz CT molecular complexity index is 1170. The molecular weight excluding hydrogens is 392 g/mol. The number of nitrogens with zero attached hydrogens (tertiary/aromatic N) is 3. The van der Waals surface area contributed by atoms with Crippen LogP contribution in [-0.2, 0) is 4.74 Å². The van der Waals surface area contributed by atoms with Gasteiger partial charge in [-0.2, -0.15) is 5.26 Å². The SMILES string of the molecule is CCOc1c(Nc2ncc(C3CC3)nc2C(=O)OC)cccc1-c1cccc(C#N)c1. The lowest BCUT2D eigenvalue weighted by atomic mass is 10.0. The predicted molar refractivity (Wildman–Crippen MR) is 116 cm³/mol. The van der Waals surface area contributed by atoms with Crippen molar-refractivity contribution in [1.29, 1.82) is 5.26 Å². The summed E-state index contributed by atoms with van der Waals surface area (Å²) in [6.45, 7) is 2.34. The van der Waals surface area contributed by atoms with Crippen molar-refractivity contribution < 1.29 is 14.3 Å². The van der Waals surface area contributed by atoms with E-state index < -0.39 is 5.97 Å². The Hall–Kier alpha value is -3.92. The van der Waals surface area contributed by atoms with Gasteiger partial charge in [0.05, 0.1) is 42.9 Å². The summed E-state index contributed by atoms with van der Waals surface area (Å²) in [4.78, 5) is 21.3. The molecule has 7 nitrogen and oxygen atoms in total. The summed E-state index contributed by atoms with van der Waals surface area (Å²) in [6, 6.07) is 15.1. The molecular formula is C24H22N4O3. The van der Waals surface area contributed by atoms with Crippen LogP contribution in [0.2, 0.25) is 0 Å². The molecule has 0 aliphatic heterocycles. The topological polar surface area (TPSA) is 97.1 Å². The third kappa shape index (κ3) is 4.33. The summed E-state index contributed by atoms with van der Waals surface area (Å²) in [6.07, 6.45) is 3.81. The molecule has 0 atom stereocenters. The maximum atomic E-state index is 12.4. The highest BCUT2D eigenvalue weighted by Gasteiger charge is 2.28. The van der Waals surface area contributed by atoms with Crippen LogP contribution in [0, 0.1) is 11.3 Å². The van der Waals surface area contributed by atoms with Crippen molar-refractivity contribution in [2.75, 3.05) is 19.0 Å². The van der Waals surface area contributed by atoms with E-state index in [1.807, 2.05) is 43.3 Å². The fourth-order valence-corrected chi connectivity index (χ4v) is 3.36. The van der Waals surface area contributed by atoms with Crippen molar-refractivity contribution in [3.8, 4) is 22.9 Å². The first-order chi connectivity index (χ1) is 15.1. The van der Waals surface area contributed by atoms with Gasteiger partial charge in [-0.15, -0.1) is 0 Å². The first-order valence-corrected chi connectivity index (χ1v) is 10.1. The summed E-state index contributed by atoms with van der Waals surface area (Å²) in [5.41, 5.74) is 3.83. The van der Waals surface area contributed by atoms with Gasteiger partial charge in [0.15, 0.2) is 17.3 Å². The number of aromatic nitrogens is 2. The molecule has 0 unspecified atom stereocenters. The molecule has 0 bridgehead atoms. The predicted octanol–water partition coefficient (Wildman–Crippen LogP) is 4.82. The molecule has 3 aromatic rings. The molecule has 0 amide bonds. The number of nitriles is 1. The van der Waals surface area contributed by atoms with Crippen LogP contribution in [0.15, 0.2) is 48.7 Å². The second kappa shape index (κ2) is 8.84. The number of esters is 1. The lowest BCUT2D eigenvalue weighted by molar-refractivity contribution is 0.0594. The van der Waals surface area contributed by atoms with Crippen LogP contribution in [0.1, 0.15) is 47.4 Å². The van der Waals surface area contributed by atoms with E-state index >= 15 is 0 Å². The first-order valence-electron chi connectivity index (χ1n) is 10.1. The van der Waals surface area contributed by atoms with Gasteiger partial charge in [-0.05, 0) is 43.5 Å². The van der Waals surface area contributed by atoms with Crippen LogP contribution >= 0.6 is 0 Å². The number of benzene rings is 2. The number of carbonyl (C=O) groups excluding carboxylic acids is 1.